The fourth-order valence-electron chi connectivity index (χ4n) is 5.25. The molecule has 0 aliphatic rings. The number of sulfone groups is 1. The van der Waals surface area contributed by atoms with E-state index in [9.17, 15) is 18.0 Å². The minimum atomic E-state index is -2.98. The number of esters is 2. The van der Waals surface area contributed by atoms with Gasteiger partial charge >= 0.3 is 11.9 Å². The highest BCUT2D eigenvalue weighted by Crippen LogP contribution is 2.38. The molecule has 0 bridgehead atoms. The Balaban J connectivity index is 1.51. The summed E-state index contributed by atoms with van der Waals surface area (Å²) in [5.74, 6) is 0.679. The number of hydrogen-bond acceptors (Lipinski definition) is 7. The summed E-state index contributed by atoms with van der Waals surface area (Å²) >= 11 is 0. The summed E-state index contributed by atoms with van der Waals surface area (Å²) in [4.78, 5) is 23.0. The molecule has 0 saturated carbocycles. The lowest BCUT2D eigenvalue weighted by Gasteiger charge is -2.14. The molecule has 4 rings (SSSR count). The van der Waals surface area contributed by atoms with Crippen LogP contribution in [0.3, 0.4) is 0 Å². The van der Waals surface area contributed by atoms with Crippen LogP contribution in [0.25, 0.3) is 27.8 Å². The van der Waals surface area contributed by atoms with Gasteiger partial charge in [0.15, 0.2) is 0 Å². The van der Waals surface area contributed by atoms with Crippen molar-refractivity contribution in [3.8, 4) is 28.4 Å². The zero-order valence-corrected chi connectivity index (χ0v) is 26.7. The minimum Gasteiger partial charge on any atom is -0.427 e. The molecular weight excluding hydrogens is 578 g/mol. The van der Waals surface area contributed by atoms with E-state index in [2.05, 4.69) is 11.5 Å². The van der Waals surface area contributed by atoms with Crippen LogP contribution in [-0.2, 0) is 30.8 Å². The highest BCUT2D eigenvalue weighted by molar-refractivity contribution is 7.91. The summed E-state index contributed by atoms with van der Waals surface area (Å²) < 4.78 is 42.9. The molecule has 0 amide bonds. The normalized spacial score (nSPS) is 11.5. The van der Waals surface area contributed by atoms with E-state index in [4.69, 9.17) is 14.2 Å². The number of carbonyl (C=O) groups excluding carboxylic acids is 2. The van der Waals surface area contributed by atoms with Gasteiger partial charge < -0.3 is 18.8 Å². The second-order valence-electron chi connectivity index (χ2n) is 11.0. The number of nitrogens with zero attached hydrogens (tertiary/aromatic N) is 1. The Morgan fingerprint density at radius 3 is 2.02 bits per heavy atom. The lowest BCUT2D eigenvalue weighted by atomic mass is 10.1. The fourth-order valence-corrected chi connectivity index (χ4v) is 6.74. The van der Waals surface area contributed by atoms with Crippen molar-refractivity contribution in [3.05, 3.63) is 77.9 Å². The van der Waals surface area contributed by atoms with Crippen molar-refractivity contribution >= 4 is 32.7 Å². The minimum absolute atomic E-state index is 0.218. The molecule has 1 heterocycles. The second-order valence-corrected chi connectivity index (χ2v) is 13.3. The average molecular weight is 620 g/mol. The number of rotatable bonds is 15. The van der Waals surface area contributed by atoms with Crippen molar-refractivity contribution in [1.29, 1.82) is 0 Å². The quantitative estimate of drug-likeness (QED) is 0.0779. The Morgan fingerprint density at radius 2 is 1.39 bits per heavy atom. The van der Waals surface area contributed by atoms with E-state index in [1.165, 1.54) is 13.8 Å². The van der Waals surface area contributed by atoms with Gasteiger partial charge in [0.2, 0.25) is 0 Å². The highest BCUT2D eigenvalue weighted by atomic mass is 32.2. The SMILES string of the molecule is CCCCCS(=O)(=O)CCCCOCc1ccc(-n2c(-c3ccc(OC(C)=O)cc3)c(C)c3cc(OC(C)=O)ccc32)cc1. The predicted molar refractivity (Wildman–Crippen MR) is 173 cm³/mol. The van der Waals surface area contributed by atoms with Crippen molar-refractivity contribution in [3.63, 3.8) is 0 Å². The molecule has 0 spiro atoms. The van der Waals surface area contributed by atoms with E-state index in [1.807, 2.05) is 55.5 Å². The van der Waals surface area contributed by atoms with Crippen molar-refractivity contribution in [1.82, 2.24) is 4.57 Å². The summed E-state index contributed by atoms with van der Waals surface area (Å²) in [5, 5.41) is 0.947. The van der Waals surface area contributed by atoms with E-state index in [0.29, 0.717) is 37.6 Å². The third-order valence-electron chi connectivity index (χ3n) is 7.36. The molecular formula is C35H41NO7S. The number of unbranched alkanes of at least 4 members (excludes halogenated alkanes) is 3. The Labute approximate surface area is 259 Å². The van der Waals surface area contributed by atoms with Crippen molar-refractivity contribution in [2.75, 3.05) is 18.1 Å². The van der Waals surface area contributed by atoms with Gasteiger partial charge in [-0.05, 0) is 97.5 Å². The van der Waals surface area contributed by atoms with Crippen LogP contribution < -0.4 is 9.47 Å². The van der Waals surface area contributed by atoms with Gasteiger partial charge in [-0.1, -0.05) is 31.9 Å². The molecule has 0 N–H and O–H groups in total. The Morgan fingerprint density at radius 1 is 0.773 bits per heavy atom. The van der Waals surface area contributed by atoms with E-state index in [-0.39, 0.29) is 23.4 Å². The third-order valence-corrected chi connectivity index (χ3v) is 9.18. The molecule has 3 aromatic carbocycles. The number of aromatic nitrogens is 1. The smallest absolute Gasteiger partial charge is 0.308 e. The molecule has 4 aromatic rings. The van der Waals surface area contributed by atoms with Gasteiger partial charge in [-0.25, -0.2) is 8.42 Å². The molecule has 0 radical (unpaired) electrons. The molecule has 0 fully saturated rings. The van der Waals surface area contributed by atoms with Crippen LogP contribution in [0.4, 0.5) is 0 Å². The van der Waals surface area contributed by atoms with E-state index < -0.39 is 9.84 Å². The Hall–Kier alpha value is -3.95. The summed E-state index contributed by atoms with van der Waals surface area (Å²) in [6.07, 6.45) is 4.01. The van der Waals surface area contributed by atoms with Crippen LogP contribution in [0.5, 0.6) is 11.5 Å². The van der Waals surface area contributed by atoms with Gasteiger partial charge in [0.05, 0.1) is 29.3 Å². The summed E-state index contributed by atoms with van der Waals surface area (Å²) in [7, 11) is -2.98. The zero-order valence-electron chi connectivity index (χ0n) is 25.9. The number of ether oxygens (including phenoxy) is 3. The number of hydrogen-bond donors (Lipinski definition) is 0. The van der Waals surface area contributed by atoms with Gasteiger partial charge in [-0.15, -0.1) is 0 Å². The standard InChI is InChI=1S/C35H41NO7S/c1-5-6-8-21-44(39,40)22-9-7-20-41-24-28-10-14-30(15-11-28)36-34-19-18-32(43-27(4)38)23-33(34)25(2)35(36)29-12-16-31(17-13-29)42-26(3)37/h10-19,23H,5-9,20-22,24H2,1-4H3. The molecule has 0 unspecified atom stereocenters. The van der Waals surface area contributed by atoms with Crippen LogP contribution in [0.2, 0.25) is 0 Å². The van der Waals surface area contributed by atoms with Gasteiger partial charge in [-0.2, -0.15) is 0 Å². The van der Waals surface area contributed by atoms with E-state index in [0.717, 1.165) is 58.2 Å². The molecule has 44 heavy (non-hydrogen) atoms. The number of carbonyl (C=O) groups is 2. The van der Waals surface area contributed by atoms with Gasteiger partial charge in [0.1, 0.15) is 21.3 Å². The molecule has 234 valence electrons. The summed E-state index contributed by atoms with van der Waals surface area (Å²) in [5.41, 5.74) is 5.81. The monoisotopic (exact) mass is 619 g/mol. The number of fused-ring (bicyclic) bond motifs is 1. The lowest BCUT2D eigenvalue weighted by Crippen LogP contribution is -2.11. The van der Waals surface area contributed by atoms with Crippen LogP contribution >= 0.6 is 0 Å². The van der Waals surface area contributed by atoms with Gasteiger partial charge in [-0.3, -0.25) is 9.59 Å². The first-order valence-electron chi connectivity index (χ1n) is 15.1. The molecule has 8 nitrogen and oxygen atoms in total. The first-order chi connectivity index (χ1) is 21.1. The van der Waals surface area contributed by atoms with Crippen LogP contribution in [0, 0.1) is 6.92 Å². The molecule has 0 aliphatic heterocycles. The highest BCUT2D eigenvalue weighted by Gasteiger charge is 2.19. The van der Waals surface area contributed by atoms with Crippen molar-refractivity contribution < 1.29 is 32.2 Å². The topological polar surface area (TPSA) is 101 Å². The zero-order chi connectivity index (χ0) is 31.7. The Kier molecular flexibility index (Phi) is 11.4. The molecule has 1 aromatic heterocycles. The second kappa shape index (κ2) is 15.2. The summed E-state index contributed by atoms with van der Waals surface area (Å²) in [6, 6.07) is 21.1. The molecule has 0 saturated heterocycles. The van der Waals surface area contributed by atoms with Crippen molar-refractivity contribution in [2.45, 2.75) is 66.4 Å². The van der Waals surface area contributed by atoms with Crippen molar-refractivity contribution in [2.24, 2.45) is 0 Å². The lowest BCUT2D eigenvalue weighted by molar-refractivity contribution is -0.132. The molecule has 9 heteroatoms. The van der Waals surface area contributed by atoms with E-state index in [1.54, 1.807) is 18.2 Å². The predicted octanol–water partition coefficient (Wildman–Crippen LogP) is 7.36. The van der Waals surface area contributed by atoms with Gasteiger partial charge in [0.25, 0.3) is 0 Å². The maximum Gasteiger partial charge on any atom is 0.308 e. The van der Waals surface area contributed by atoms with Crippen LogP contribution in [0.15, 0.2) is 66.7 Å². The first kappa shape index (κ1) is 33.0. The number of benzene rings is 3. The number of aryl methyl sites for hydroxylation is 1. The first-order valence-corrected chi connectivity index (χ1v) is 16.9. The maximum atomic E-state index is 12.1. The maximum absolute atomic E-state index is 12.1. The third kappa shape index (κ3) is 8.80. The largest absolute Gasteiger partial charge is 0.427 e. The molecule has 0 aliphatic carbocycles. The summed E-state index contributed by atoms with van der Waals surface area (Å²) in [6.45, 7) is 7.79. The average Bonchev–Trinajstić information content (AvgIpc) is 3.26. The molecule has 0 atom stereocenters. The fraction of sp³-hybridized carbons (Fsp3) is 0.371. The van der Waals surface area contributed by atoms with Crippen LogP contribution in [0.1, 0.15) is 64.0 Å². The van der Waals surface area contributed by atoms with Crippen LogP contribution in [-0.4, -0.2) is 43.0 Å². The van der Waals surface area contributed by atoms with E-state index >= 15 is 0 Å². The Bertz CT molecular complexity index is 1690. The van der Waals surface area contributed by atoms with Gasteiger partial charge in [0, 0.05) is 31.5 Å².